The molecule has 2 aromatic rings. The van der Waals surface area contributed by atoms with Crippen molar-refractivity contribution in [1.29, 1.82) is 0 Å². The molecule has 2 amide bonds. The maximum atomic E-state index is 13.1. The van der Waals surface area contributed by atoms with Crippen LogP contribution in [0.5, 0.6) is 0 Å². The first-order chi connectivity index (χ1) is 12.7. The van der Waals surface area contributed by atoms with Gasteiger partial charge in [-0.15, -0.1) is 0 Å². The van der Waals surface area contributed by atoms with Crippen LogP contribution in [0.4, 0.5) is 0 Å². The lowest BCUT2D eigenvalue weighted by Crippen LogP contribution is -2.52. The van der Waals surface area contributed by atoms with Crippen molar-refractivity contribution in [2.45, 2.75) is 46.1 Å². The Balaban J connectivity index is 2.08. The monoisotopic (exact) mass is 372 g/mol. The minimum atomic E-state index is -0.832. The van der Waals surface area contributed by atoms with Crippen LogP contribution in [0.3, 0.4) is 0 Å². The number of amides is 2. The van der Waals surface area contributed by atoms with Crippen LogP contribution < -0.4 is 5.48 Å². The fourth-order valence-electron chi connectivity index (χ4n) is 3.02. The van der Waals surface area contributed by atoms with Crippen LogP contribution in [-0.4, -0.2) is 45.0 Å². The van der Waals surface area contributed by atoms with Gasteiger partial charge in [-0.1, -0.05) is 43.7 Å². The Morgan fingerprint density at radius 3 is 2.52 bits per heavy atom. The van der Waals surface area contributed by atoms with Crippen molar-refractivity contribution in [3.8, 4) is 0 Å². The van der Waals surface area contributed by atoms with Crippen molar-refractivity contribution in [2.24, 2.45) is 5.41 Å². The third kappa shape index (κ3) is 5.40. The Bertz CT molecular complexity index is 754. The third-order valence-electron chi connectivity index (χ3n) is 4.91. The molecule has 0 aliphatic carbocycles. The maximum Gasteiger partial charge on any atom is 0.266 e. The number of H-pyrrole nitrogens is 1. The second-order valence-electron chi connectivity index (χ2n) is 7.56. The van der Waals surface area contributed by atoms with E-state index in [4.69, 9.17) is 5.21 Å². The summed E-state index contributed by atoms with van der Waals surface area (Å²) in [5.41, 5.74) is 4.09. The number of hydrogen-bond donors (Lipinski definition) is 3. The second kappa shape index (κ2) is 8.81. The number of nitrogens with zero attached hydrogens (tertiary/aromatic N) is 2. The summed E-state index contributed by atoms with van der Waals surface area (Å²) >= 11 is 0. The molecule has 0 fully saturated rings. The van der Waals surface area contributed by atoms with Crippen LogP contribution in [-0.2, 0) is 22.4 Å². The lowest BCUT2D eigenvalue weighted by atomic mass is 9.84. The number of imidazole rings is 1. The number of carbonyl (C=O) groups is 2. The highest BCUT2D eigenvalue weighted by atomic mass is 16.5. The lowest BCUT2D eigenvalue weighted by Gasteiger charge is -2.33. The number of rotatable bonds is 8. The van der Waals surface area contributed by atoms with E-state index in [-0.39, 0.29) is 12.3 Å². The number of aromatic nitrogens is 2. The van der Waals surface area contributed by atoms with Crippen LogP contribution in [0.2, 0.25) is 0 Å². The quantitative estimate of drug-likeness (QED) is 0.489. The predicted molar refractivity (Wildman–Crippen MR) is 102 cm³/mol. The van der Waals surface area contributed by atoms with Crippen molar-refractivity contribution >= 4 is 11.8 Å². The summed E-state index contributed by atoms with van der Waals surface area (Å²) in [5.74, 6) is -0.780. The van der Waals surface area contributed by atoms with Gasteiger partial charge in [-0.2, -0.15) is 0 Å². The van der Waals surface area contributed by atoms with E-state index in [0.29, 0.717) is 12.1 Å². The summed E-state index contributed by atoms with van der Waals surface area (Å²) in [7, 11) is 1.59. The van der Waals surface area contributed by atoms with E-state index in [1.807, 2.05) is 20.8 Å². The van der Waals surface area contributed by atoms with Gasteiger partial charge in [0.25, 0.3) is 5.91 Å². The van der Waals surface area contributed by atoms with Crippen molar-refractivity contribution < 1.29 is 14.8 Å². The molecule has 3 N–H and O–H groups in total. The highest BCUT2D eigenvalue weighted by Crippen LogP contribution is 2.27. The van der Waals surface area contributed by atoms with Gasteiger partial charge in [-0.05, 0) is 25.3 Å². The lowest BCUT2D eigenvalue weighted by molar-refractivity contribution is -0.148. The summed E-state index contributed by atoms with van der Waals surface area (Å²) in [6.07, 6.45) is 4.76. The molecule has 27 heavy (non-hydrogen) atoms. The van der Waals surface area contributed by atoms with Crippen molar-refractivity contribution in [3.63, 3.8) is 0 Å². The van der Waals surface area contributed by atoms with Crippen LogP contribution >= 0.6 is 0 Å². The van der Waals surface area contributed by atoms with E-state index in [9.17, 15) is 9.59 Å². The number of hydroxylamine groups is 1. The van der Waals surface area contributed by atoms with E-state index in [1.165, 1.54) is 22.4 Å². The van der Waals surface area contributed by atoms with Gasteiger partial charge in [0.05, 0.1) is 6.33 Å². The molecule has 0 saturated heterocycles. The molecule has 146 valence electrons. The van der Waals surface area contributed by atoms with Gasteiger partial charge in [0.1, 0.15) is 6.04 Å². The van der Waals surface area contributed by atoms with E-state index >= 15 is 0 Å². The van der Waals surface area contributed by atoms with E-state index in [2.05, 4.69) is 34.2 Å². The summed E-state index contributed by atoms with van der Waals surface area (Å²) < 4.78 is 0. The number of aromatic amines is 1. The molecule has 0 radical (unpaired) electrons. The van der Waals surface area contributed by atoms with E-state index in [0.717, 1.165) is 6.42 Å². The normalized spacial score (nSPS) is 12.5. The molecule has 0 saturated carbocycles. The van der Waals surface area contributed by atoms with Crippen molar-refractivity contribution in [2.75, 3.05) is 7.05 Å². The molecule has 1 aromatic carbocycles. The van der Waals surface area contributed by atoms with Gasteiger partial charge in [-0.25, -0.2) is 10.5 Å². The molecule has 0 aliphatic rings. The Hall–Kier alpha value is -2.67. The molecule has 0 bridgehead atoms. The average Bonchev–Trinajstić information content (AvgIpc) is 3.17. The second-order valence-corrected chi connectivity index (χ2v) is 7.56. The minimum Gasteiger partial charge on any atom is -0.348 e. The third-order valence-corrected chi connectivity index (χ3v) is 4.91. The molecule has 7 nitrogen and oxygen atoms in total. The van der Waals surface area contributed by atoms with Crippen LogP contribution in [0.1, 0.15) is 37.1 Å². The molecule has 7 heteroatoms. The predicted octanol–water partition coefficient (Wildman–Crippen LogP) is 2.25. The Morgan fingerprint density at radius 1 is 1.30 bits per heavy atom. The van der Waals surface area contributed by atoms with Gasteiger partial charge in [0.15, 0.2) is 0 Å². The number of likely N-dealkylation sites (N-methyl/N-ethyl adjacent to an activating group) is 1. The van der Waals surface area contributed by atoms with Crippen LogP contribution in [0.15, 0.2) is 36.8 Å². The highest BCUT2D eigenvalue weighted by molar-refractivity contribution is 5.89. The van der Waals surface area contributed by atoms with Crippen LogP contribution in [0, 0.1) is 12.3 Å². The zero-order valence-electron chi connectivity index (χ0n) is 16.3. The van der Waals surface area contributed by atoms with Gasteiger partial charge in [0, 0.05) is 30.8 Å². The number of aryl methyl sites for hydroxylation is 2. The number of hydrogen-bond acceptors (Lipinski definition) is 4. The molecule has 0 spiro atoms. The molecule has 2 rings (SSSR count). The summed E-state index contributed by atoms with van der Waals surface area (Å²) in [6, 6.07) is 7.42. The topological polar surface area (TPSA) is 98.3 Å². The number of benzene rings is 1. The van der Waals surface area contributed by atoms with E-state index < -0.39 is 17.4 Å². The van der Waals surface area contributed by atoms with Gasteiger partial charge < -0.3 is 9.88 Å². The first-order valence-electron chi connectivity index (χ1n) is 8.98. The smallest absolute Gasteiger partial charge is 0.266 e. The van der Waals surface area contributed by atoms with E-state index in [1.54, 1.807) is 18.7 Å². The first kappa shape index (κ1) is 20.6. The summed E-state index contributed by atoms with van der Waals surface area (Å²) in [6.45, 7) is 5.80. The van der Waals surface area contributed by atoms with Gasteiger partial charge >= 0.3 is 0 Å². The molecular formula is C20H28N4O3. The molecule has 1 unspecified atom stereocenters. The number of nitrogens with one attached hydrogen (secondary N) is 2. The maximum absolute atomic E-state index is 13.1. The zero-order valence-corrected chi connectivity index (χ0v) is 16.3. The summed E-state index contributed by atoms with van der Waals surface area (Å²) in [4.78, 5) is 33.5. The standard InChI is InChI=1S/C20H28N4O3/c1-14-5-7-15(8-6-14)9-10-20(2,3)19(26)24(4)17(18(25)23-27)11-16-12-21-13-22-16/h5-8,12-13,17,27H,9-11H2,1-4H3,(H,21,22)(H,23,25). The molecular weight excluding hydrogens is 344 g/mol. The average molecular weight is 372 g/mol. The van der Waals surface area contributed by atoms with Crippen molar-refractivity contribution in [1.82, 2.24) is 20.3 Å². The minimum absolute atomic E-state index is 0.150. The number of carbonyl (C=O) groups excluding carboxylic acids is 2. The highest BCUT2D eigenvalue weighted by Gasteiger charge is 2.36. The first-order valence-corrected chi connectivity index (χ1v) is 8.98. The molecule has 0 aliphatic heterocycles. The fourth-order valence-corrected chi connectivity index (χ4v) is 3.02. The van der Waals surface area contributed by atoms with Crippen molar-refractivity contribution in [3.05, 3.63) is 53.6 Å². The van der Waals surface area contributed by atoms with Gasteiger partial charge in [0.2, 0.25) is 5.91 Å². The fraction of sp³-hybridized carbons (Fsp3) is 0.450. The molecule has 1 aromatic heterocycles. The SMILES string of the molecule is Cc1ccc(CCC(C)(C)C(=O)N(C)C(Cc2cnc[nH]2)C(=O)NO)cc1. The van der Waals surface area contributed by atoms with Crippen LogP contribution in [0.25, 0.3) is 0 Å². The summed E-state index contributed by atoms with van der Waals surface area (Å²) in [5, 5.41) is 9.08. The largest absolute Gasteiger partial charge is 0.348 e. The van der Waals surface area contributed by atoms with Gasteiger partial charge in [-0.3, -0.25) is 14.8 Å². The zero-order chi connectivity index (χ0) is 20.0. The molecule has 1 heterocycles. The molecule has 1 atom stereocenters. The Kier molecular flexibility index (Phi) is 6.74. The Labute approximate surface area is 159 Å². The Morgan fingerprint density at radius 2 is 1.96 bits per heavy atom.